The zero-order valence-corrected chi connectivity index (χ0v) is 10.9. The molecular formula is C13H16FNO4. The van der Waals surface area contributed by atoms with E-state index in [-0.39, 0.29) is 5.75 Å². The Kier molecular flexibility index (Phi) is 4.86. The summed E-state index contributed by atoms with van der Waals surface area (Å²) in [4.78, 5) is 22.7. The third kappa shape index (κ3) is 3.67. The van der Waals surface area contributed by atoms with Crippen LogP contribution in [0.1, 0.15) is 13.8 Å². The number of carbonyl (C=O) groups is 2. The number of rotatable bonds is 5. The fourth-order valence-corrected chi connectivity index (χ4v) is 1.46. The molecule has 104 valence electrons. The molecule has 0 spiro atoms. The minimum atomic E-state index is -1.05. The molecule has 0 fully saturated rings. The molecule has 19 heavy (non-hydrogen) atoms. The van der Waals surface area contributed by atoms with Gasteiger partial charge in [0.2, 0.25) is 5.91 Å². The van der Waals surface area contributed by atoms with Crippen molar-refractivity contribution in [3.05, 3.63) is 24.0 Å². The molecule has 1 rings (SSSR count). The molecule has 0 saturated carbocycles. The van der Waals surface area contributed by atoms with Gasteiger partial charge >= 0.3 is 5.97 Å². The SMILES string of the molecule is COc1cc(F)ccc1NC(=O)C(C)C(C)C(=O)O. The van der Waals surface area contributed by atoms with Crippen LogP contribution in [-0.2, 0) is 9.59 Å². The minimum Gasteiger partial charge on any atom is -0.494 e. The van der Waals surface area contributed by atoms with Crippen molar-refractivity contribution in [2.24, 2.45) is 11.8 Å². The molecule has 0 aliphatic rings. The van der Waals surface area contributed by atoms with E-state index in [0.717, 1.165) is 6.07 Å². The van der Waals surface area contributed by atoms with Gasteiger partial charge in [-0.2, -0.15) is 0 Å². The Hall–Kier alpha value is -2.11. The van der Waals surface area contributed by atoms with Crippen molar-refractivity contribution in [3.63, 3.8) is 0 Å². The third-order valence-corrected chi connectivity index (χ3v) is 2.97. The van der Waals surface area contributed by atoms with Gasteiger partial charge in [-0.1, -0.05) is 13.8 Å². The number of anilines is 1. The van der Waals surface area contributed by atoms with Crippen molar-refractivity contribution in [3.8, 4) is 5.75 Å². The normalized spacial score (nSPS) is 13.5. The summed E-state index contributed by atoms with van der Waals surface area (Å²) in [5.41, 5.74) is 0.304. The van der Waals surface area contributed by atoms with E-state index in [4.69, 9.17) is 9.84 Å². The van der Waals surface area contributed by atoms with Crippen LogP contribution in [-0.4, -0.2) is 24.1 Å². The summed E-state index contributed by atoms with van der Waals surface area (Å²) in [6.07, 6.45) is 0. The number of aliphatic carboxylic acids is 1. The Balaban J connectivity index is 2.85. The van der Waals surface area contributed by atoms with E-state index >= 15 is 0 Å². The van der Waals surface area contributed by atoms with Crippen molar-refractivity contribution in [2.45, 2.75) is 13.8 Å². The Morgan fingerprint density at radius 1 is 1.32 bits per heavy atom. The van der Waals surface area contributed by atoms with Crippen molar-refractivity contribution >= 4 is 17.6 Å². The molecular weight excluding hydrogens is 253 g/mol. The average Bonchev–Trinajstić information content (AvgIpc) is 2.38. The molecule has 1 aromatic rings. The monoisotopic (exact) mass is 269 g/mol. The van der Waals surface area contributed by atoms with Crippen molar-refractivity contribution in [2.75, 3.05) is 12.4 Å². The first-order valence-electron chi connectivity index (χ1n) is 5.74. The van der Waals surface area contributed by atoms with Gasteiger partial charge in [0.25, 0.3) is 0 Å². The molecule has 6 heteroatoms. The van der Waals surface area contributed by atoms with Gasteiger partial charge in [-0.25, -0.2) is 4.39 Å². The second-order valence-electron chi connectivity index (χ2n) is 4.25. The van der Waals surface area contributed by atoms with Gasteiger partial charge < -0.3 is 15.2 Å². The van der Waals surface area contributed by atoms with Crippen LogP contribution in [0.5, 0.6) is 5.75 Å². The maximum atomic E-state index is 13.0. The first-order valence-corrected chi connectivity index (χ1v) is 5.74. The fourth-order valence-electron chi connectivity index (χ4n) is 1.46. The van der Waals surface area contributed by atoms with Crippen LogP contribution in [0.4, 0.5) is 10.1 Å². The first-order chi connectivity index (χ1) is 8.86. The van der Waals surface area contributed by atoms with E-state index in [1.807, 2.05) is 0 Å². The van der Waals surface area contributed by atoms with Gasteiger partial charge in [-0.3, -0.25) is 9.59 Å². The number of methoxy groups -OCH3 is 1. The van der Waals surface area contributed by atoms with Crippen LogP contribution in [0.2, 0.25) is 0 Å². The molecule has 0 aliphatic heterocycles. The minimum absolute atomic E-state index is 0.184. The number of hydrogen-bond donors (Lipinski definition) is 2. The second kappa shape index (κ2) is 6.17. The largest absolute Gasteiger partial charge is 0.494 e. The van der Waals surface area contributed by atoms with Gasteiger partial charge in [0, 0.05) is 12.0 Å². The summed E-state index contributed by atoms with van der Waals surface area (Å²) < 4.78 is 17.9. The maximum absolute atomic E-state index is 13.0. The fraction of sp³-hybridized carbons (Fsp3) is 0.385. The highest BCUT2D eigenvalue weighted by atomic mass is 19.1. The molecule has 0 radical (unpaired) electrons. The molecule has 2 atom stereocenters. The molecule has 5 nitrogen and oxygen atoms in total. The number of nitrogens with one attached hydrogen (secondary N) is 1. The molecule has 2 N–H and O–H groups in total. The van der Waals surface area contributed by atoms with E-state index in [1.165, 1.54) is 33.1 Å². The number of benzene rings is 1. The number of hydrogen-bond acceptors (Lipinski definition) is 3. The smallest absolute Gasteiger partial charge is 0.307 e. The standard InChI is InChI=1S/C13H16FNO4/c1-7(8(2)13(17)18)12(16)15-10-5-4-9(14)6-11(10)19-3/h4-8H,1-3H3,(H,15,16)(H,17,18). The predicted molar refractivity (Wildman–Crippen MR) is 67.5 cm³/mol. The summed E-state index contributed by atoms with van der Waals surface area (Å²) in [6, 6.07) is 3.69. The number of carbonyl (C=O) groups excluding carboxylic acids is 1. The number of carboxylic acids is 1. The molecule has 1 amide bonds. The summed E-state index contributed by atoms with van der Waals surface area (Å²) in [5.74, 6) is -3.34. The Bertz CT molecular complexity index is 490. The molecule has 0 aliphatic carbocycles. The average molecular weight is 269 g/mol. The lowest BCUT2D eigenvalue weighted by Gasteiger charge is -2.17. The molecule has 0 bridgehead atoms. The second-order valence-corrected chi connectivity index (χ2v) is 4.25. The lowest BCUT2D eigenvalue weighted by atomic mass is 9.95. The molecule has 0 heterocycles. The lowest BCUT2D eigenvalue weighted by molar-refractivity contribution is -0.145. The van der Waals surface area contributed by atoms with Crippen LogP contribution >= 0.6 is 0 Å². The summed E-state index contributed by atoms with van der Waals surface area (Å²) >= 11 is 0. The van der Waals surface area contributed by atoms with Crippen LogP contribution < -0.4 is 10.1 Å². The quantitative estimate of drug-likeness (QED) is 0.858. The van der Waals surface area contributed by atoms with Crippen molar-refractivity contribution in [1.82, 2.24) is 0 Å². The van der Waals surface area contributed by atoms with Gasteiger partial charge in [-0.15, -0.1) is 0 Å². The molecule has 2 unspecified atom stereocenters. The summed E-state index contributed by atoms with van der Waals surface area (Å²) in [7, 11) is 1.35. The Morgan fingerprint density at radius 3 is 2.47 bits per heavy atom. The van der Waals surface area contributed by atoms with E-state index in [1.54, 1.807) is 0 Å². The van der Waals surface area contributed by atoms with Crippen LogP contribution in [0.3, 0.4) is 0 Å². The highest BCUT2D eigenvalue weighted by Gasteiger charge is 2.26. The van der Waals surface area contributed by atoms with Gasteiger partial charge in [-0.05, 0) is 12.1 Å². The van der Waals surface area contributed by atoms with Crippen LogP contribution in [0.25, 0.3) is 0 Å². The summed E-state index contributed by atoms with van der Waals surface area (Å²) in [6.45, 7) is 2.97. The van der Waals surface area contributed by atoms with Gasteiger partial charge in [0.05, 0.1) is 18.7 Å². The Labute approximate surface area is 110 Å². The van der Waals surface area contributed by atoms with E-state index in [2.05, 4.69) is 5.32 Å². The van der Waals surface area contributed by atoms with E-state index in [0.29, 0.717) is 5.69 Å². The van der Waals surface area contributed by atoms with Crippen LogP contribution in [0.15, 0.2) is 18.2 Å². The number of ether oxygens (including phenoxy) is 1. The topological polar surface area (TPSA) is 75.6 Å². The molecule has 0 aromatic heterocycles. The van der Waals surface area contributed by atoms with Crippen molar-refractivity contribution < 1.29 is 23.8 Å². The van der Waals surface area contributed by atoms with E-state index < -0.39 is 29.5 Å². The third-order valence-electron chi connectivity index (χ3n) is 2.97. The first kappa shape index (κ1) is 14.9. The zero-order chi connectivity index (χ0) is 14.6. The summed E-state index contributed by atoms with van der Waals surface area (Å²) in [5, 5.41) is 11.4. The maximum Gasteiger partial charge on any atom is 0.307 e. The number of amides is 1. The highest BCUT2D eigenvalue weighted by molar-refractivity contribution is 5.95. The Morgan fingerprint density at radius 2 is 1.95 bits per heavy atom. The van der Waals surface area contributed by atoms with E-state index in [9.17, 15) is 14.0 Å². The highest BCUT2D eigenvalue weighted by Crippen LogP contribution is 2.26. The predicted octanol–water partition coefficient (Wildman–Crippen LogP) is 2.13. The lowest BCUT2D eigenvalue weighted by Crippen LogP contribution is -2.30. The molecule has 0 saturated heterocycles. The number of halogens is 1. The van der Waals surface area contributed by atoms with Gasteiger partial charge in [0.15, 0.2) is 0 Å². The van der Waals surface area contributed by atoms with Gasteiger partial charge in [0.1, 0.15) is 11.6 Å². The van der Waals surface area contributed by atoms with Crippen molar-refractivity contribution in [1.29, 1.82) is 0 Å². The van der Waals surface area contributed by atoms with Crippen LogP contribution in [0, 0.1) is 17.7 Å². The molecule has 1 aromatic carbocycles. The zero-order valence-electron chi connectivity index (χ0n) is 10.9. The number of carboxylic acid groups (broad SMARTS) is 1.